The quantitative estimate of drug-likeness (QED) is 0.909. The summed E-state index contributed by atoms with van der Waals surface area (Å²) >= 11 is 0. The van der Waals surface area contributed by atoms with Crippen molar-refractivity contribution in [2.24, 2.45) is 0 Å². The predicted molar refractivity (Wildman–Crippen MR) is 85.0 cm³/mol. The molecule has 116 valence electrons. The van der Waals surface area contributed by atoms with Gasteiger partial charge in [-0.1, -0.05) is 30.3 Å². The summed E-state index contributed by atoms with van der Waals surface area (Å²) in [4.78, 5) is 13.5. The molecule has 0 saturated heterocycles. The Morgan fingerprint density at radius 3 is 2.10 bits per heavy atom. The second-order valence-corrected chi connectivity index (χ2v) is 6.83. The third kappa shape index (κ3) is 5.59. The topological polar surface area (TPSA) is 66.5 Å². The molecule has 0 radical (unpaired) electrons. The van der Waals surface area contributed by atoms with Crippen LogP contribution in [0.4, 0.5) is 4.79 Å². The van der Waals surface area contributed by atoms with Crippen LogP contribution >= 0.6 is 0 Å². The molecule has 6 heteroatoms. The third-order valence-corrected chi connectivity index (χ3v) is 3.77. The van der Waals surface area contributed by atoms with Gasteiger partial charge < -0.3 is 4.90 Å². The zero-order valence-electron chi connectivity index (χ0n) is 12.8. The second-order valence-electron chi connectivity index (χ2n) is 5.26. The van der Waals surface area contributed by atoms with Crippen LogP contribution < -0.4 is 4.72 Å². The van der Waals surface area contributed by atoms with E-state index in [0.717, 1.165) is 11.0 Å². The van der Waals surface area contributed by atoms with Crippen LogP contribution in [0.5, 0.6) is 0 Å². The van der Waals surface area contributed by atoms with E-state index in [1.807, 2.05) is 45.9 Å². The van der Waals surface area contributed by atoms with E-state index in [4.69, 9.17) is 0 Å². The van der Waals surface area contributed by atoms with Crippen molar-refractivity contribution in [3.05, 3.63) is 41.3 Å². The molecule has 0 aliphatic heterocycles. The van der Waals surface area contributed by atoms with E-state index in [-0.39, 0.29) is 12.1 Å². The molecule has 1 N–H and O–H groups in total. The predicted octanol–water partition coefficient (Wildman–Crippen LogP) is 2.82. The highest BCUT2D eigenvalue weighted by Crippen LogP contribution is 2.07. The first kappa shape index (κ1) is 17.2. The molecule has 5 nitrogen and oxygen atoms in total. The Morgan fingerprint density at radius 2 is 1.62 bits per heavy atom. The van der Waals surface area contributed by atoms with E-state index in [0.29, 0.717) is 0 Å². The van der Waals surface area contributed by atoms with E-state index in [2.05, 4.69) is 4.72 Å². The number of urea groups is 1. The summed E-state index contributed by atoms with van der Waals surface area (Å²) in [6.07, 6.45) is 1.45. The summed E-state index contributed by atoms with van der Waals surface area (Å²) in [6.45, 7) is 7.36. The van der Waals surface area contributed by atoms with Gasteiger partial charge in [-0.25, -0.2) is 17.9 Å². The molecule has 21 heavy (non-hydrogen) atoms. The summed E-state index contributed by atoms with van der Waals surface area (Å²) in [7, 11) is -3.81. The Balaban J connectivity index is 2.81. The van der Waals surface area contributed by atoms with E-state index < -0.39 is 16.1 Å². The zero-order valence-corrected chi connectivity index (χ0v) is 13.6. The van der Waals surface area contributed by atoms with Gasteiger partial charge in [-0.3, -0.25) is 0 Å². The zero-order chi connectivity index (χ0) is 16.0. The molecule has 0 unspecified atom stereocenters. The maximum absolute atomic E-state index is 12.1. The van der Waals surface area contributed by atoms with E-state index in [1.54, 1.807) is 12.1 Å². The van der Waals surface area contributed by atoms with Gasteiger partial charge in [0.1, 0.15) is 0 Å². The van der Waals surface area contributed by atoms with Gasteiger partial charge >= 0.3 is 6.03 Å². The average molecular weight is 310 g/mol. The smallest absolute Gasteiger partial charge is 0.319 e. The number of nitrogens with zero attached hydrogens (tertiary/aromatic N) is 1. The summed E-state index contributed by atoms with van der Waals surface area (Å²) in [5.41, 5.74) is 0.750. The normalized spacial score (nSPS) is 12.1. The molecule has 1 aromatic carbocycles. The van der Waals surface area contributed by atoms with Crippen molar-refractivity contribution < 1.29 is 13.2 Å². The highest BCUT2D eigenvalue weighted by molar-refractivity contribution is 7.93. The van der Waals surface area contributed by atoms with Crippen LogP contribution in [-0.2, 0) is 10.0 Å². The maximum Gasteiger partial charge on any atom is 0.331 e. The lowest BCUT2D eigenvalue weighted by atomic mass is 10.2. The lowest BCUT2D eigenvalue weighted by molar-refractivity contribution is 0.171. The number of hydrogen-bond acceptors (Lipinski definition) is 3. The highest BCUT2D eigenvalue weighted by atomic mass is 32.2. The van der Waals surface area contributed by atoms with Crippen LogP contribution in [0.2, 0.25) is 0 Å². The fourth-order valence-corrected chi connectivity index (χ4v) is 2.76. The van der Waals surface area contributed by atoms with Crippen molar-refractivity contribution in [2.45, 2.75) is 39.8 Å². The van der Waals surface area contributed by atoms with Crippen LogP contribution in [0.1, 0.15) is 33.3 Å². The van der Waals surface area contributed by atoms with Gasteiger partial charge in [0.05, 0.1) is 5.41 Å². The molecule has 1 rings (SSSR count). The van der Waals surface area contributed by atoms with Crippen molar-refractivity contribution in [1.29, 1.82) is 0 Å². The molecule has 0 spiro atoms. The molecule has 0 bridgehead atoms. The average Bonchev–Trinajstić information content (AvgIpc) is 2.36. The van der Waals surface area contributed by atoms with Crippen molar-refractivity contribution in [2.75, 3.05) is 0 Å². The number of hydrogen-bond donors (Lipinski definition) is 1. The SMILES string of the molecule is CC(C)N(C(=O)NS(=O)(=O)C=Cc1ccccc1)C(C)C. The van der Waals surface area contributed by atoms with E-state index in [1.165, 1.54) is 11.0 Å². The first-order valence-corrected chi connectivity index (χ1v) is 8.36. The monoisotopic (exact) mass is 310 g/mol. The van der Waals surface area contributed by atoms with Crippen LogP contribution in [0.15, 0.2) is 35.7 Å². The van der Waals surface area contributed by atoms with Gasteiger partial charge in [0.15, 0.2) is 0 Å². The first-order valence-electron chi connectivity index (χ1n) is 6.81. The van der Waals surface area contributed by atoms with Gasteiger partial charge in [0, 0.05) is 12.1 Å². The largest absolute Gasteiger partial charge is 0.331 e. The van der Waals surface area contributed by atoms with Crippen molar-refractivity contribution in [1.82, 2.24) is 9.62 Å². The summed E-state index contributed by atoms with van der Waals surface area (Å²) in [5, 5.41) is 0.999. The number of sulfonamides is 1. The number of carbonyl (C=O) groups is 1. The molecular weight excluding hydrogens is 288 g/mol. The molecule has 0 aromatic heterocycles. The molecule has 0 atom stereocenters. The molecule has 2 amide bonds. The molecule has 0 fully saturated rings. The van der Waals surface area contributed by atoms with Gasteiger partial charge in [-0.15, -0.1) is 0 Å². The maximum atomic E-state index is 12.1. The first-order chi connectivity index (χ1) is 9.73. The minimum atomic E-state index is -3.81. The summed E-state index contributed by atoms with van der Waals surface area (Å²) in [5.74, 6) is 0. The molecule has 0 aliphatic carbocycles. The number of amides is 2. The minimum Gasteiger partial charge on any atom is -0.319 e. The van der Waals surface area contributed by atoms with E-state index in [9.17, 15) is 13.2 Å². The number of carbonyl (C=O) groups excluding carboxylic acids is 1. The van der Waals surface area contributed by atoms with Crippen molar-refractivity contribution >= 4 is 22.1 Å². The Labute approximate surface area is 126 Å². The molecule has 1 aromatic rings. The van der Waals surface area contributed by atoms with Gasteiger partial charge in [0.25, 0.3) is 10.0 Å². The minimum absolute atomic E-state index is 0.0849. The van der Waals surface area contributed by atoms with Gasteiger partial charge in [-0.2, -0.15) is 0 Å². The van der Waals surface area contributed by atoms with Crippen LogP contribution in [0, 0.1) is 0 Å². The fraction of sp³-hybridized carbons (Fsp3) is 0.400. The number of rotatable bonds is 5. The summed E-state index contributed by atoms with van der Waals surface area (Å²) in [6, 6.07) is 8.24. The van der Waals surface area contributed by atoms with Gasteiger partial charge in [-0.05, 0) is 39.3 Å². The fourth-order valence-electron chi connectivity index (χ4n) is 2.01. The number of benzene rings is 1. The van der Waals surface area contributed by atoms with E-state index >= 15 is 0 Å². The molecule has 0 saturated carbocycles. The molecular formula is C15H22N2O3S. The lowest BCUT2D eigenvalue weighted by Crippen LogP contribution is -2.48. The Hall–Kier alpha value is -1.82. The van der Waals surface area contributed by atoms with Crippen LogP contribution in [0.25, 0.3) is 6.08 Å². The highest BCUT2D eigenvalue weighted by Gasteiger charge is 2.23. The van der Waals surface area contributed by atoms with Crippen LogP contribution in [0.3, 0.4) is 0 Å². The van der Waals surface area contributed by atoms with Crippen LogP contribution in [-0.4, -0.2) is 31.4 Å². The summed E-state index contributed by atoms with van der Waals surface area (Å²) < 4.78 is 25.9. The van der Waals surface area contributed by atoms with Crippen molar-refractivity contribution in [3.8, 4) is 0 Å². The third-order valence-electron chi connectivity index (χ3n) is 2.82. The standard InChI is InChI=1S/C15H22N2O3S/c1-12(2)17(13(3)4)15(18)16-21(19,20)11-10-14-8-6-5-7-9-14/h5-13H,1-4H3,(H,16,18). The lowest BCUT2D eigenvalue weighted by Gasteiger charge is -2.30. The Bertz CT molecular complexity index is 585. The molecule has 0 aliphatic rings. The second kappa shape index (κ2) is 7.26. The van der Waals surface area contributed by atoms with Crippen molar-refractivity contribution in [3.63, 3.8) is 0 Å². The Morgan fingerprint density at radius 1 is 1.10 bits per heavy atom. The van der Waals surface area contributed by atoms with Gasteiger partial charge in [0.2, 0.25) is 0 Å². The number of nitrogens with one attached hydrogen (secondary N) is 1. The Kier molecular flexibility index (Phi) is 5.96. The molecule has 0 heterocycles.